The van der Waals surface area contributed by atoms with E-state index in [-0.39, 0.29) is 5.91 Å². The molecule has 1 aromatic carbocycles. The third-order valence-corrected chi connectivity index (χ3v) is 5.20. The van der Waals surface area contributed by atoms with E-state index >= 15 is 0 Å². The van der Waals surface area contributed by atoms with Gasteiger partial charge in [-0.1, -0.05) is 49.2 Å². The molecule has 1 saturated carbocycles. The van der Waals surface area contributed by atoms with Gasteiger partial charge in [0.05, 0.1) is 10.8 Å². The van der Waals surface area contributed by atoms with Crippen molar-refractivity contribution in [2.45, 2.75) is 43.0 Å². The molecular formula is C19H22N2OS. The van der Waals surface area contributed by atoms with Crippen molar-refractivity contribution < 1.29 is 4.79 Å². The molecule has 3 nitrogen and oxygen atoms in total. The molecule has 1 aromatic heterocycles. The molecule has 0 aliphatic heterocycles. The van der Waals surface area contributed by atoms with Crippen LogP contribution < -0.4 is 5.32 Å². The van der Waals surface area contributed by atoms with Crippen molar-refractivity contribution in [2.24, 2.45) is 0 Å². The Morgan fingerprint density at radius 2 is 1.87 bits per heavy atom. The molecule has 1 fully saturated rings. The van der Waals surface area contributed by atoms with Crippen molar-refractivity contribution in [3.8, 4) is 0 Å². The van der Waals surface area contributed by atoms with Crippen LogP contribution in [-0.4, -0.2) is 16.6 Å². The summed E-state index contributed by atoms with van der Waals surface area (Å²) >= 11 is 1.45. The summed E-state index contributed by atoms with van der Waals surface area (Å²) in [6, 6.07) is 14.1. The van der Waals surface area contributed by atoms with E-state index in [1.54, 1.807) is 6.20 Å². The molecule has 1 amide bonds. The molecule has 0 radical (unpaired) electrons. The van der Waals surface area contributed by atoms with Gasteiger partial charge in [0.25, 0.3) is 0 Å². The van der Waals surface area contributed by atoms with Gasteiger partial charge in [-0.05, 0) is 48.6 Å². The smallest absolute Gasteiger partial charge is 0.234 e. The lowest BCUT2D eigenvalue weighted by molar-refractivity contribution is -0.113. The van der Waals surface area contributed by atoms with Crippen LogP contribution in [0.2, 0.25) is 0 Å². The van der Waals surface area contributed by atoms with Crippen molar-refractivity contribution >= 4 is 23.4 Å². The van der Waals surface area contributed by atoms with E-state index in [4.69, 9.17) is 0 Å². The molecule has 23 heavy (non-hydrogen) atoms. The molecule has 1 aliphatic rings. The average molecular weight is 326 g/mol. The second-order valence-corrected chi connectivity index (χ2v) is 6.96. The fourth-order valence-corrected chi connectivity index (χ4v) is 3.70. The number of hydrogen-bond acceptors (Lipinski definition) is 3. The highest BCUT2D eigenvalue weighted by Crippen LogP contribution is 2.32. The molecule has 4 heteroatoms. The second-order valence-electron chi connectivity index (χ2n) is 5.96. The molecule has 3 rings (SSSR count). The Morgan fingerprint density at radius 3 is 2.57 bits per heavy atom. The normalized spacial score (nSPS) is 15.3. The highest BCUT2D eigenvalue weighted by molar-refractivity contribution is 7.99. The summed E-state index contributed by atoms with van der Waals surface area (Å²) in [7, 11) is 0. The number of nitrogens with one attached hydrogen (secondary N) is 1. The Morgan fingerprint density at radius 1 is 1.09 bits per heavy atom. The molecule has 120 valence electrons. The van der Waals surface area contributed by atoms with Crippen molar-refractivity contribution in [1.29, 1.82) is 0 Å². The number of aromatic nitrogens is 1. The lowest BCUT2D eigenvalue weighted by atomic mass is 9.84. The number of carbonyl (C=O) groups is 1. The Bertz CT molecular complexity index is 622. The van der Waals surface area contributed by atoms with Crippen LogP contribution in [0.15, 0.2) is 53.7 Å². The van der Waals surface area contributed by atoms with Gasteiger partial charge in [0, 0.05) is 11.9 Å². The standard InChI is InChI=1S/C19H22N2OS/c22-18(14-23-19-8-4-5-13-20-19)21-17-11-9-16(10-12-17)15-6-2-1-3-7-15/h4-5,8-13,15H,1-3,6-7,14H2,(H,21,22). The molecule has 0 atom stereocenters. The Kier molecular flexibility index (Phi) is 5.70. The Balaban J connectivity index is 1.50. The number of nitrogens with zero attached hydrogens (tertiary/aromatic N) is 1. The van der Waals surface area contributed by atoms with Gasteiger partial charge in [0.15, 0.2) is 0 Å². The average Bonchev–Trinajstić information content (AvgIpc) is 2.62. The van der Waals surface area contributed by atoms with Crippen LogP contribution in [-0.2, 0) is 4.79 Å². The van der Waals surface area contributed by atoms with Crippen molar-refractivity contribution in [3.63, 3.8) is 0 Å². The van der Waals surface area contributed by atoms with Gasteiger partial charge in [-0.15, -0.1) is 0 Å². The minimum atomic E-state index is 0.00562. The van der Waals surface area contributed by atoms with E-state index in [1.165, 1.54) is 49.4 Å². The van der Waals surface area contributed by atoms with E-state index in [2.05, 4.69) is 22.4 Å². The minimum Gasteiger partial charge on any atom is -0.325 e. The number of amides is 1. The lowest BCUT2D eigenvalue weighted by Gasteiger charge is -2.22. The van der Waals surface area contributed by atoms with Gasteiger partial charge < -0.3 is 5.32 Å². The van der Waals surface area contributed by atoms with Crippen LogP contribution in [0.1, 0.15) is 43.6 Å². The van der Waals surface area contributed by atoms with E-state index in [1.807, 2.05) is 30.3 Å². The molecule has 0 bridgehead atoms. The van der Waals surface area contributed by atoms with Gasteiger partial charge in [-0.25, -0.2) is 4.98 Å². The minimum absolute atomic E-state index is 0.00562. The second kappa shape index (κ2) is 8.16. The van der Waals surface area contributed by atoms with Gasteiger partial charge in [-0.2, -0.15) is 0 Å². The number of carbonyl (C=O) groups excluding carboxylic acids is 1. The molecular weight excluding hydrogens is 304 g/mol. The first-order chi connectivity index (χ1) is 11.3. The zero-order valence-corrected chi connectivity index (χ0v) is 14.0. The topological polar surface area (TPSA) is 42.0 Å². The predicted molar refractivity (Wildman–Crippen MR) is 95.9 cm³/mol. The number of rotatable bonds is 5. The van der Waals surface area contributed by atoms with Gasteiger partial charge in [-0.3, -0.25) is 4.79 Å². The first kappa shape index (κ1) is 16.1. The van der Waals surface area contributed by atoms with Crippen LogP contribution in [0.25, 0.3) is 0 Å². The summed E-state index contributed by atoms with van der Waals surface area (Å²) in [6.07, 6.45) is 8.39. The third-order valence-electron chi connectivity index (χ3n) is 4.26. The molecule has 2 aromatic rings. The number of benzene rings is 1. The van der Waals surface area contributed by atoms with Crippen LogP contribution in [0, 0.1) is 0 Å². The van der Waals surface area contributed by atoms with E-state index < -0.39 is 0 Å². The lowest BCUT2D eigenvalue weighted by Crippen LogP contribution is -2.14. The molecule has 0 unspecified atom stereocenters. The van der Waals surface area contributed by atoms with Gasteiger partial charge >= 0.3 is 0 Å². The van der Waals surface area contributed by atoms with Gasteiger partial charge in [0.1, 0.15) is 0 Å². The summed E-state index contributed by atoms with van der Waals surface area (Å²) in [5.74, 6) is 1.08. The first-order valence-corrected chi connectivity index (χ1v) is 9.23. The predicted octanol–water partition coefficient (Wildman–Crippen LogP) is 4.86. The quantitative estimate of drug-likeness (QED) is 0.798. The number of anilines is 1. The molecule has 1 aliphatic carbocycles. The molecule has 1 heterocycles. The number of pyridine rings is 1. The monoisotopic (exact) mass is 326 g/mol. The summed E-state index contributed by atoms with van der Waals surface area (Å²) in [4.78, 5) is 16.2. The first-order valence-electron chi connectivity index (χ1n) is 8.25. The third kappa shape index (κ3) is 4.83. The highest BCUT2D eigenvalue weighted by atomic mass is 32.2. The zero-order valence-electron chi connectivity index (χ0n) is 13.2. The summed E-state index contributed by atoms with van der Waals surface area (Å²) in [6.45, 7) is 0. The highest BCUT2D eigenvalue weighted by Gasteiger charge is 2.15. The fraction of sp³-hybridized carbons (Fsp3) is 0.368. The van der Waals surface area contributed by atoms with E-state index in [0.717, 1.165) is 10.7 Å². The number of thioether (sulfide) groups is 1. The van der Waals surface area contributed by atoms with Crippen LogP contribution in [0.3, 0.4) is 0 Å². The maximum Gasteiger partial charge on any atom is 0.234 e. The summed E-state index contributed by atoms with van der Waals surface area (Å²) in [5, 5.41) is 3.83. The molecule has 0 saturated heterocycles. The van der Waals surface area contributed by atoms with Gasteiger partial charge in [0.2, 0.25) is 5.91 Å². The maximum absolute atomic E-state index is 12.0. The van der Waals surface area contributed by atoms with Crippen LogP contribution in [0.5, 0.6) is 0 Å². The van der Waals surface area contributed by atoms with Crippen molar-refractivity contribution in [2.75, 3.05) is 11.1 Å². The Hall–Kier alpha value is -1.81. The number of hydrogen-bond donors (Lipinski definition) is 1. The SMILES string of the molecule is O=C(CSc1ccccn1)Nc1ccc(C2CCCCC2)cc1. The molecule has 1 N–H and O–H groups in total. The largest absolute Gasteiger partial charge is 0.325 e. The van der Waals surface area contributed by atoms with E-state index in [0.29, 0.717) is 11.7 Å². The van der Waals surface area contributed by atoms with Crippen molar-refractivity contribution in [1.82, 2.24) is 4.98 Å². The molecule has 0 spiro atoms. The maximum atomic E-state index is 12.0. The Labute approximate surface area is 141 Å². The fourth-order valence-electron chi connectivity index (χ4n) is 3.04. The summed E-state index contributed by atoms with van der Waals surface area (Å²) < 4.78 is 0. The summed E-state index contributed by atoms with van der Waals surface area (Å²) in [5.41, 5.74) is 2.28. The van der Waals surface area contributed by atoms with Crippen LogP contribution >= 0.6 is 11.8 Å². The van der Waals surface area contributed by atoms with E-state index in [9.17, 15) is 4.79 Å². The van der Waals surface area contributed by atoms with Crippen LogP contribution in [0.4, 0.5) is 5.69 Å². The zero-order chi connectivity index (χ0) is 15.9. The van der Waals surface area contributed by atoms with Crippen molar-refractivity contribution in [3.05, 3.63) is 54.2 Å².